The molecule has 4 aromatic rings. The molecule has 1 aliphatic heterocycles. The Morgan fingerprint density at radius 2 is 1.78 bits per heavy atom. The lowest BCUT2D eigenvalue weighted by atomic mass is 9.84. The predicted octanol–water partition coefficient (Wildman–Crippen LogP) is 4.92. The molecule has 192 valence electrons. The maximum Gasteiger partial charge on any atom is 0.264 e. The number of hydrogen-bond acceptors (Lipinski definition) is 7. The maximum absolute atomic E-state index is 13.1. The van der Waals surface area contributed by atoms with Gasteiger partial charge in [0.05, 0.1) is 10.3 Å². The smallest absolute Gasteiger partial charge is 0.264 e. The number of halogens is 1. The lowest BCUT2D eigenvalue weighted by Crippen LogP contribution is -2.45. The number of hydrogen-bond donors (Lipinski definition) is 3. The molecular weight excluding hydrogens is 532 g/mol. The summed E-state index contributed by atoms with van der Waals surface area (Å²) < 4.78 is 29.6. The number of benzene rings is 3. The van der Waals surface area contributed by atoms with Crippen LogP contribution in [0.4, 0.5) is 10.8 Å². The van der Waals surface area contributed by atoms with E-state index in [9.17, 15) is 18.3 Å². The van der Waals surface area contributed by atoms with Crippen LogP contribution in [0.25, 0.3) is 10.2 Å². The van der Waals surface area contributed by atoms with Gasteiger partial charge in [-0.3, -0.25) is 9.52 Å². The van der Waals surface area contributed by atoms with Gasteiger partial charge in [-0.25, -0.2) is 13.4 Å². The minimum atomic E-state index is -3.90. The summed E-state index contributed by atoms with van der Waals surface area (Å²) in [7, 11) is -2.16. The molecular formula is C26H25ClN4O4S2. The second-order valence-corrected chi connectivity index (χ2v) is 12.0. The number of carbonyl (C=O) groups is 1. The van der Waals surface area contributed by atoms with Crippen LogP contribution in [-0.4, -0.2) is 49.5 Å². The number of carbonyl (C=O) groups excluding carboxylic acids is 1. The second kappa shape index (κ2) is 9.94. The van der Waals surface area contributed by atoms with E-state index in [2.05, 4.69) is 15.0 Å². The van der Waals surface area contributed by atoms with Crippen molar-refractivity contribution in [3.05, 3.63) is 82.9 Å². The highest BCUT2D eigenvalue weighted by molar-refractivity contribution is 7.93. The van der Waals surface area contributed by atoms with Crippen molar-refractivity contribution in [2.45, 2.75) is 23.3 Å². The van der Waals surface area contributed by atoms with E-state index >= 15 is 0 Å². The largest absolute Gasteiger partial charge is 0.385 e. The van der Waals surface area contributed by atoms with Crippen LogP contribution in [0.3, 0.4) is 0 Å². The number of nitrogens with zero attached hydrogens (tertiary/aromatic N) is 2. The molecule has 0 atom stereocenters. The summed E-state index contributed by atoms with van der Waals surface area (Å²) in [6.45, 7) is 0.783. The Bertz CT molecular complexity index is 1560. The number of fused-ring (bicyclic) bond motifs is 1. The highest BCUT2D eigenvalue weighted by Crippen LogP contribution is 2.35. The minimum Gasteiger partial charge on any atom is -0.385 e. The molecule has 0 aliphatic carbocycles. The third-order valence-corrected chi connectivity index (χ3v) is 9.20. The lowest BCUT2D eigenvalue weighted by Gasteiger charge is -2.38. The number of sulfonamides is 1. The number of aromatic nitrogens is 1. The molecule has 0 saturated carbocycles. The molecule has 1 aromatic heterocycles. The average Bonchev–Trinajstić information content (AvgIpc) is 3.32. The summed E-state index contributed by atoms with van der Waals surface area (Å²) in [5.41, 5.74) is 0.902. The molecule has 1 saturated heterocycles. The zero-order valence-corrected chi connectivity index (χ0v) is 22.3. The van der Waals surface area contributed by atoms with Crippen LogP contribution < -0.4 is 10.0 Å². The first-order chi connectivity index (χ1) is 17.7. The molecule has 3 N–H and O–H groups in total. The second-order valence-electron chi connectivity index (χ2n) is 8.89. The monoisotopic (exact) mass is 556 g/mol. The third-order valence-electron chi connectivity index (χ3n) is 6.51. The van der Waals surface area contributed by atoms with Gasteiger partial charge in [-0.1, -0.05) is 41.1 Å². The van der Waals surface area contributed by atoms with Gasteiger partial charge in [-0.2, -0.15) is 0 Å². The SMILES string of the molecule is CNc1nc2c(S(=O)(=O)Nc3ccc(C(=O)N4CCC(O)(c5cccc(Cl)c5)CC4)cc3)cccc2s1. The predicted molar refractivity (Wildman–Crippen MR) is 147 cm³/mol. The summed E-state index contributed by atoms with van der Waals surface area (Å²) >= 11 is 7.46. The van der Waals surface area contributed by atoms with Gasteiger partial charge in [0.15, 0.2) is 5.13 Å². The van der Waals surface area contributed by atoms with Crippen LogP contribution >= 0.6 is 22.9 Å². The van der Waals surface area contributed by atoms with Crippen LogP contribution in [0.5, 0.6) is 0 Å². The highest BCUT2D eigenvalue weighted by atomic mass is 35.5. The summed E-state index contributed by atoms with van der Waals surface area (Å²) in [4.78, 5) is 19.2. The van der Waals surface area contributed by atoms with E-state index in [0.29, 0.717) is 52.9 Å². The van der Waals surface area contributed by atoms with E-state index in [-0.39, 0.29) is 10.8 Å². The van der Waals surface area contributed by atoms with Crippen LogP contribution in [0, 0.1) is 0 Å². The number of likely N-dealkylation sites (tertiary alicyclic amines) is 1. The van der Waals surface area contributed by atoms with Crippen molar-refractivity contribution < 1.29 is 18.3 Å². The summed E-state index contributed by atoms with van der Waals surface area (Å²) in [5.74, 6) is -0.172. The van der Waals surface area contributed by atoms with Gasteiger partial charge in [-0.05, 0) is 66.9 Å². The van der Waals surface area contributed by atoms with E-state index < -0.39 is 15.6 Å². The highest BCUT2D eigenvalue weighted by Gasteiger charge is 2.35. The molecule has 1 fully saturated rings. The van der Waals surface area contributed by atoms with Gasteiger partial charge in [-0.15, -0.1) is 0 Å². The molecule has 37 heavy (non-hydrogen) atoms. The fourth-order valence-corrected chi connectivity index (χ4v) is 6.79. The van der Waals surface area contributed by atoms with E-state index in [4.69, 9.17) is 11.6 Å². The molecule has 3 aromatic carbocycles. The van der Waals surface area contributed by atoms with E-state index in [1.165, 1.54) is 17.4 Å². The third kappa shape index (κ3) is 5.15. The van der Waals surface area contributed by atoms with Gasteiger partial charge >= 0.3 is 0 Å². The average molecular weight is 557 g/mol. The number of thiazole rings is 1. The number of nitrogens with one attached hydrogen (secondary N) is 2. The minimum absolute atomic E-state index is 0.0865. The number of rotatable bonds is 6. The van der Waals surface area contributed by atoms with E-state index in [1.807, 2.05) is 12.1 Å². The fraction of sp³-hybridized carbons (Fsp3) is 0.231. The van der Waals surface area contributed by atoms with Crippen LogP contribution in [0.1, 0.15) is 28.8 Å². The molecule has 1 aliphatic rings. The first-order valence-electron chi connectivity index (χ1n) is 11.7. The number of anilines is 2. The molecule has 2 heterocycles. The number of amides is 1. The summed E-state index contributed by atoms with van der Waals surface area (Å²) in [6, 6.07) is 18.5. The van der Waals surface area contributed by atoms with Gasteiger partial charge in [0.2, 0.25) is 0 Å². The van der Waals surface area contributed by atoms with Crippen molar-refractivity contribution in [1.82, 2.24) is 9.88 Å². The molecule has 0 bridgehead atoms. The van der Waals surface area contributed by atoms with Gasteiger partial charge in [0.1, 0.15) is 10.4 Å². The Morgan fingerprint density at radius 3 is 2.46 bits per heavy atom. The molecule has 11 heteroatoms. The van der Waals surface area contributed by atoms with Gasteiger partial charge < -0.3 is 15.3 Å². The Hall–Kier alpha value is -3.18. The molecule has 0 radical (unpaired) electrons. The van der Waals surface area contributed by atoms with Crippen molar-refractivity contribution in [3.8, 4) is 0 Å². The first kappa shape index (κ1) is 25.5. The maximum atomic E-state index is 13.1. The van der Waals surface area contributed by atoms with Crippen LogP contribution in [0.15, 0.2) is 71.6 Å². The summed E-state index contributed by atoms with van der Waals surface area (Å²) in [6.07, 6.45) is 0.794. The standard InChI is InChI=1S/C26H25ClN4O4S2/c1-28-25-29-23-21(36-25)6-3-7-22(23)37(34,35)30-20-10-8-17(9-11-20)24(32)31-14-12-26(33,13-15-31)18-4-2-5-19(27)16-18/h2-11,16,30,33H,12-15H2,1H3,(H,28,29). The number of aliphatic hydroxyl groups is 1. The quantitative estimate of drug-likeness (QED) is 0.311. The number of piperidine rings is 1. The lowest BCUT2D eigenvalue weighted by molar-refractivity contribution is -0.0211. The Balaban J connectivity index is 1.27. The topological polar surface area (TPSA) is 112 Å². The van der Waals surface area contributed by atoms with Crippen molar-refractivity contribution >= 4 is 59.9 Å². The van der Waals surface area contributed by atoms with Crippen molar-refractivity contribution in [2.75, 3.05) is 30.2 Å². The fourth-order valence-electron chi connectivity index (χ4n) is 4.47. The van der Waals surface area contributed by atoms with E-state index in [0.717, 1.165) is 10.3 Å². The van der Waals surface area contributed by atoms with Crippen molar-refractivity contribution in [3.63, 3.8) is 0 Å². The Morgan fingerprint density at radius 1 is 1.08 bits per heavy atom. The molecule has 0 spiro atoms. The zero-order valence-electron chi connectivity index (χ0n) is 19.9. The molecule has 8 nitrogen and oxygen atoms in total. The van der Waals surface area contributed by atoms with Gasteiger partial charge in [0, 0.05) is 36.4 Å². The van der Waals surface area contributed by atoms with Crippen molar-refractivity contribution in [2.24, 2.45) is 0 Å². The summed E-state index contributed by atoms with van der Waals surface area (Å²) in [5, 5.41) is 15.2. The van der Waals surface area contributed by atoms with Gasteiger partial charge in [0.25, 0.3) is 15.9 Å². The number of para-hydroxylation sites is 1. The van der Waals surface area contributed by atoms with Crippen LogP contribution in [-0.2, 0) is 15.6 Å². The Kier molecular flexibility index (Phi) is 6.84. The first-order valence-corrected chi connectivity index (χ1v) is 14.3. The molecule has 0 unspecified atom stereocenters. The van der Waals surface area contributed by atoms with Crippen molar-refractivity contribution in [1.29, 1.82) is 0 Å². The molecule has 1 amide bonds. The Labute approximate surface area is 224 Å². The van der Waals surface area contributed by atoms with E-state index in [1.54, 1.807) is 60.5 Å². The van der Waals surface area contributed by atoms with Crippen LogP contribution in [0.2, 0.25) is 5.02 Å². The normalized spacial score (nSPS) is 15.5. The zero-order chi connectivity index (χ0) is 26.2. The molecule has 5 rings (SSSR count).